The predicted molar refractivity (Wildman–Crippen MR) is 78.9 cm³/mol. The minimum Gasteiger partial charge on any atom is -0.378 e. The summed E-state index contributed by atoms with van der Waals surface area (Å²) in [6, 6.07) is 9.01. The zero-order valence-electron chi connectivity index (χ0n) is 11.0. The largest absolute Gasteiger partial charge is 0.378 e. The third-order valence-corrected chi connectivity index (χ3v) is 4.47. The van der Waals surface area contributed by atoms with Crippen LogP contribution in [0.4, 0.5) is 0 Å². The fourth-order valence-electron chi connectivity index (χ4n) is 2.54. The van der Waals surface area contributed by atoms with E-state index in [1.807, 2.05) is 0 Å². The highest BCUT2D eigenvalue weighted by atomic mass is 79.9. The lowest BCUT2D eigenvalue weighted by atomic mass is 9.99. The summed E-state index contributed by atoms with van der Waals surface area (Å²) in [5.41, 5.74) is 1.38. The molecule has 100 valence electrons. The van der Waals surface area contributed by atoms with Crippen LogP contribution < -0.4 is 5.32 Å². The van der Waals surface area contributed by atoms with Crippen LogP contribution in [-0.4, -0.2) is 25.8 Å². The summed E-state index contributed by atoms with van der Waals surface area (Å²) in [7, 11) is 2.05. The SMILES string of the molecule is CNC(CCC1CCCO1)Cc1ccccc1Br. The van der Waals surface area contributed by atoms with Gasteiger partial charge in [0.15, 0.2) is 0 Å². The van der Waals surface area contributed by atoms with Gasteiger partial charge in [-0.3, -0.25) is 0 Å². The van der Waals surface area contributed by atoms with Gasteiger partial charge in [0.2, 0.25) is 0 Å². The molecule has 1 aliphatic rings. The first-order valence-electron chi connectivity index (χ1n) is 6.82. The molecule has 0 bridgehead atoms. The molecule has 2 rings (SSSR count). The highest BCUT2D eigenvalue weighted by Gasteiger charge is 2.17. The highest BCUT2D eigenvalue weighted by Crippen LogP contribution is 2.21. The van der Waals surface area contributed by atoms with Gasteiger partial charge >= 0.3 is 0 Å². The maximum Gasteiger partial charge on any atom is 0.0576 e. The molecule has 1 saturated heterocycles. The number of likely N-dealkylation sites (N-methyl/N-ethyl adjacent to an activating group) is 1. The van der Waals surface area contributed by atoms with E-state index in [1.54, 1.807) is 0 Å². The monoisotopic (exact) mass is 311 g/mol. The van der Waals surface area contributed by atoms with E-state index in [1.165, 1.54) is 35.7 Å². The zero-order valence-corrected chi connectivity index (χ0v) is 12.6. The molecule has 0 aliphatic carbocycles. The van der Waals surface area contributed by atoms with Gasteiger partial charge in [-0.2, -0.15) is 0 Å². The van der Waals surface area contributed by atoms with Gasteiger partial charge in [0.25, 0.3) is 0 Å². The molecule has 0 aromatic heterocycles. The Labute approximate surface area is 118 Å². The van der Waals surface area contributed by atoms with Gasteiger partial charge < -0.3 is 10.1 Å². The normalized spacial score (nSPS) is 21.1. The Morgan fingerprint density at radius 2 is 2.28 bits per heavy atom. The standard InChI is InChI=1S/C15H22BrNO/c1-17-13(8-9-14-6-4-10-18-14)11-12-5-2-3-7-15(12)16/h2-3,5,7,13-14,17H,4,6,8-11H2,1H3. The Kier molecular flexibility index (Phi) is 5.67. The summed E-state index contributed by atoms with van der Waals surface area (Å²) in [5.74, 6) is 0. The highest BCUT2D eigenvalue weighted by molar-refractivity contribution is 9.10. The average Bonchev–Trinajstić information content (AvgIpc) is 2.90. The van der Waals surface area contributed by atoms with Crippen LogP contribution in [0.2, 0.25) is 0 Å². The lowest BCUT2D eigenvalue weighted by Crippen LogP contribution is -2.29. The molecule has 1 fully saturated rings. The summed E-state index contributed by atoms with van der Waals surface area (Å²) < 4.78 is 6.90. The summed E-state index contributed by atoms with van der Waals surface area (Å²) >= 11 is 3.62. The quantitative estimate of drug-likeness (QED) is 0.867. The van der Waals surface area contributed by atoms with Crippen LogP contribution in [0.15, 0.2) is 28.7 Å². The second kappa shape index (κ2) is 7.27. The molecule has 0 saturated carbocycles. The summed E-state index contributed by atoms with van der Waals surface area (Å²) in [4.78, 5) is 0. The van der Waals surface area contributed by atoms with E-state index in [0.29, 0.717) is 12.1 Å². The van der Waals surface area contributed by atoms with Crippen LogP contribution >= 0.6 is 15.9 Å². The first kappa shape index (κ1) is 14.0. The van der Waals surface area contributed by atoms with Crippen molar-refractivity contribution in [1.29, 1.82) is 0 Å². The number of hydrogen-bond acceptors (Lipinski definition) is 2. The van der Waals surface area contributed by atoms with E-state index in [9.17, 15) is 0 Å². The van der Waals surface area contributed by atoms with Gasteiger partial charge in [-0.05, 0) is 50.8 Å². The first-order valence-corrected chi connectivity index (χ1v) is 7.61. The molecule has 1 aromatic rings. The lowest BCUT2D eigenvalue weighted by Gasteiger charge is -2.19. The fraction of sp³-hybridized carbons (Fsp3) is 0.600. The van der Waals surface area contributed by atoms with Crippen LogP contribution in [-0.2, 0) is 11.2 Å². The molecule has 0 spiro atoms. The number of ether oxygens (including phenoxy) is 1. The molecule has 2 nitrogen and oxygen atoms in total. The van der Waals surface area contributed by atoms with Gasteiger partial charge in [-0.1, -0.05) is 34.1 Å². The fourth-order valence-corrected chi connectivity index (χ4v) is 2.98. The summed E-state index contributed by atoms with van der Waals surface area (Å²) in [5, 5.41) is 3.43. The predicted octanol–water partition coefficient (Wildman–Crippen LogP) is 3.54. The second-order valence-corrected chi connectivity index (χ2v) is 5.85. The minimum absolute atomic E-state index is 0.500. The summed E-state index contributed by atoms with van der Waals surface area (Å²) in [6.45, 7) is 0.957. The van der Waals surface area contributed by atoms with E-state index in [2.05, 4.69) is 52.6 Å². The first-order chi connectivity index (χ1) is 8.79. The molecule has 0 radical (unpaired) electrons. The van der Waals surface area contributed by atoms with E-state index in [-0.39, 0.29) is 0 Å². The van der Waals surface area contributed by atoms with Gasteiger partial charge in [0.05, 0.1) is 6.10 Å². The molecular formula is C15H22BrNO. The van der Waals surface area contributed by atoms with E-state index in [0.717, 1.165) is 13.0 Å². The molecule has 1 aromatic carbocycles. The molecule has 1 N–H and O–H groups in total. The summed E-state index contributed by atoms with van der Waals surface area (Å²) in [6.07, 6.45) is 6.41. The van der Waals surface area contributed by atoms with Gasteiger partial charge in [-0.15, -0.1) is 0 Å². The van der Waals surface area contributed by atoms with Crippen LogP contribution in [0.5, 0.6) is 0 Å². The smallest absolute Gasteiger partial charge is 0.0576 e. The van der Waals surface area contributed by atoms with Crippen LogP contribution in [0.1, 0.15) is 31.2 Å². The number of halogens is 1. The van der Waals surface area contributed by atoms with E-state index in [4.69, 9.17) is 4.74 Å². The number of benzene rings is 1. The molecule has 18 heavy (non-hydrogen) atoms. The van der Waals surface area contributed by atoms with Gasteiger partial charge in [0.1, 0.15) is 0 Å². The van der Waals surface area contributed by atoms with Crippen molar-refractivity contribution in [3.8, 4) is 0 Å². The van der Waals surface area contributed by atoms with Crippen molar-refractivity contribution in [2.45, 2.75) is 44.2 Å². The molecule has 1 heterocycles. The Morgan fingerprint density at radius 3 is 2.94 bits per heavy atom. The van der Waals surface area contributed by atoms with Crippen molar-refractivity contribution in [2.24, 2.45) is 0 Å². The van der Waals surface area contributed by atoms with Crippen molar-refractivity contribution in [2.75, 3.05) is 13.7 Å². The maximum atomic E-state index is 5.68. The van der Waals surface area contributed by atoms with Crippen molar-refractivity contribution < 1.29 is 4.74 Å². The van der Waals surface area contributed by atoms with E-state index < -0.39 is 0 Å². The molecule has 3 heteroatoms. The van der Waals surface area contributed by atoms with Gasteiger partial charge in [0, 0.05) is 17.1 Å². The Hall–Kier alpha value is -0.380. The average molecular weight is 312 g/mol. The van der Waals surface area contributed by atoms with E-state index >= 15 is 0 Å². The third-order valence-electron chi connectivity index (χ3n) is 3.69. The third kappa shape index (κ3) is 4.08. The lowest BCUT2D eigenvalue weighted by molar-refractivity contribution is 0.0998. The molecule has 2 atom stereocenters. The van der Waals surface area contributed by atoms with Crippen molar-refractivity contribution in [1.82, 2.24) is 5.32 Å². The van der Waals surface area contributed by atoms with Gasteiger partial charge in [-0.25, -0.2) is 0 Å². The molecule has 0 amide bonds. The Morgan fingerprint density at radius 1 is 1.44 bits per heavy atom. The number of hydrogen-bond donors (Lipinski definition) is 1. The molecule has 2 unspecified atom stereocenters. The van der Waals surface area contributed by atoms with Crippen molar-refractivity contribution in [3.63, 3.8) is 0 Å². The number of nitrogens with one attached hydrogen (secondary N) is 1. The maximum absolute atomic E-state index is 5.68. The van der Waals surface area contributed by atoms with Crippen LogP contribution in [0.25, 0.3) is 0 Å². The Balaban J connectivity index is 1.83. The molecular weight excluding hydrogens is 290 g/mol. The van der Waals surface area contributed by atoms with Crippen molar-refractivity contribution in [3.05, 3.63) is 34.3 Å². The number of rotatable bonds is 6. The second-order valence-electron chi connectivity index (χ2n) is 4.99. The molecule has 1 aliphatic heterocycles. The van der Waals surface area contributed by atoms with Crippen LogP contribution in [0.3, 0.4) is 0 Å². The Bertz CT molecular complexity index is 363. The van der Waals surface area contributed by atoms with Crippen LogP contribution in [0, 0.1) is 0 Å². The topological polar surface area (TPSA) is 21.3 Å². The zero-order chi connectivity index (χ0) is 12.8. The minimum atomic E-state index is 0.500. The van der Waals surface area contributed by atoms with Crippen molar-refractivity contribution >= 4 is 15.9 Å².